The lowest BCUT2D eigenvalue weighted by Gasteiger charge is -2.20. The molecular formula is C26H28O5. The second-order valence-corrected chi connectivity index (χ2v) is 7.13. The minimum atomic E-state index is -0.912. The number of methoxy groups -OCH3 is 4. The largest absolute Gasteiger partial charge is 0.497 e. The fourth-order valence-electron chi connectivity index (χ4n) is 3.46. The Morgan fingerprint density at radius 1 is 0.710 bits per heavy atom. The van der Waals surface area contributed by atoms with Gasteiger partial charge in [-0.05, 0) is 59.5 Å². The third kappa shape index (κ3) is 5.19. The Morgan fingerprint density at radius 3 is 1.97 bits per heavy atom. The summed E-state index contributed by atoms with van der Waals surface area (Å²) in [6.45, 7) is 1.97. The molecule has 0 aliphatic rings. The minimum absolute atomic E-state index is 0.543. The van der Waals surface area contributed by atoms with E-state index in [1.54, 1.807) is 34.5 Å². The molecule has 0 aliphatic carbocycles. The van der Waals surface area contributed by atoms with Gasteiger partial charge in [0.25, 0.3) is 0 Å². The molecule has 0 radical (unpaired) electrons. The summed E-state index contributed by atoms with van der Waals surface area (Å²) in [5, 5.41) is 11.3. The van der Waals surface area contributed by atoms with Gasteiger partial charge in [0.1, 0.15) is 29.1 Å². The zero-order valence-electron chi connectivity index (χ0n) is 18.5. The van der Waals surface area contributed by atoms with Gasteiger partial charge in [-0.2, -0.15) is 0 Å². The number of ether oxygens (including phenoxy) is 4. The highest BCUT2D eigenvalue weighted by Crippen LogP contribution is 2.38. The topological polar surface area (TPSA) is 57.2 Å². The minimum Gasteiger partial charge on any atom is -0.497 e. The Hall–Kier alpha value is -3.44. The molecule has 0 bridgehead atoms. The van der Waals surface area contributed by atoms with Gasteiger partial charge in [-0.25, -0.2) is 0 Å². The van der Waals surface area contributed by atoms with Crippen LogP contribution in [0.2, 0.25) is 0 Å². The van der Waals surface area contributed by atoms with E-state index >= 15 is 0 Å². The monoisotopic (exact) mass is 420 g/mol. The number of benzene rings is 3. The van der Waals surface area contributed by atoms with Crippen molar-refractivity contribution in [2.45, 2.75) is 13.0 Å². The van der Waals surface area contributed by atoms with E-state index in [0.29, 0.717) is 22.8 Å². The number of aliphatic hydroxyl groups excluding tert-OH is 1. The Kier molecular flexibility index (Phi) is 7.21. The van der Waals surface area contributed by atoms with E-state index in [-0.39, 0.29) is 0 Å². The van der Waals surface area contributed by atoms with Gasteiger partial charge in [0, 0.05) is 11.6 Å². The van der Waals surface area contributed by atoms with Gasteiger partial charge in [-0.15, -0.1) is 0 Å². The number of hydrogen-bond donors (Lipinski definition) is 1. The van der Waals surface area contributed by atoms with Crippen LogP contribution in [0, 0.1) is 6.92 Å². The van der Waals surface area contributed by atoms with Gasteiger partial charge in [0.2, 0.25) is 0 Å². The maximum atomic E-state index is 11.3. The highest BCUT2D eigenvalue weighted by Gasteiger charge is 2.21. The predicted molar refractivity (Wildman–Crippen MR) is 123 cm³/mol. The predicted octanol–water partition coefficient (Wildman–Crippen LogP) is 5.28. The summed E-state index contributed by atoms with van der Waals surface area (Å²) in [5.41, 5.74) is 4.16. The van der Waals surface area contributed by atoms with Crippen LogP contribution >= 0.6 is 0 Å². The lowest BCUT2D eigenvalue weighted by Crippen LogP contribution is -2.06. The zero-order chi connectivity index (χ0) is 22.4. The first kappa shape index (κ1) is 22.2. The van der Waals surface area contributed by atoms with Crippen molar-refractivity contribution < 1.29 is 24.1 Å². The Morgan fingerprint density at radius 2 is 1.35 bits per heavy atom. The van der Waals surface area contributed by atoms with Gasteiger partial charge in [0.15, 0.2) is 0 Å². The smallest absolute Gasteiger partial charge is 0.129 e. The molecule has 3 aromatic carbocycles. The first-order valence-corrected chi connectivity index (χ1v) is 9.90. The lowest BCUT2D eigenvalue weighted by atomic mass is 9.93. The van der Waals surface area contributed by atoms with Crippen LogP contribution in [0.5, 0.6) is 23.0 Å². The first-order valence-electron chi connectivity index (χ1n) is 9.90. The molecule has 1 atom stereocenters. The molecule has 3 aromatic rings. The van der Waals surface area contributed by atoms with Crippen molar-refractivity contribution in [3.05, 3.63) is 82.4 Å². The zero-order valence-corrected chi connectivity index (χ0v) is 18.5. The van der Waals surface area contributed by atoms with E-state index in [4.69, 9.17) is 18.9 Å². The van der Waals surface area contributed by atoms with Crippen molar-refractivity contribution in [3.8, 4) is 23.0 Å². The standard InChI is InChI=1S/C26H28O5/c1-17-12-20(15-22(13-17)29-3)26(27)25-19(14-23(30-4)16-24(25)31-5)9-6-18-7-10-21(28-2)11-8-18/h6-16,26-27H,1-5H3/b9-6+. The quantitative estimate of drug-likeness (QED) is 0.503. The molecular weight excluding hydrogens is 392 g/mol. The second-order valence-electron chi connectivity index (χ2n) is 7.13. The van der Waals surface area contributed by atoms with Gasteiger partial charge < -0.3 is 24.1 Å². The van der Waals surface area contributed by atoms with Crippen LogP contribution in [-0.2, 0) is 0 Å². The fraction of sp³-hybridized carbons (Fsp3) is 0.231. The Labute approximate surface area is 183 Å². The van der Waals surface area contributed by atoms with Crippen LogP contribution in [0.1, 0.15) is 33.9 Å². The molecule has 0 amide bonds. The molecule has 1 unspecified atom stereocenters. The Balaban J connectivity index is 2.09. The summed E-state index contributed by atoms with van der Waals surface area (Å²) in [6, 6.07) is 17.1. The van der Waals surface area contributed by atoms with E-state index in [1.165, 1.54) is 0 Å². The molecule has 5 nitrogen and oxygen atoms in total. The summed E-state index contributed by atoms with van der Waals surface area (Å²) in [6.07, 6.45) is 3.00. The summed E-state index contributed by atoms with van der Waals surface area (Å²) < 4.78 is 21.7. The van der Waals surface area contributed by atoms with Crippen molar-refractivity contribution in [1.82, 2.24) is 0 Å². The maximum Gasteiger partial charge on any atom is 0.129 e. The van der Waals surface area contributed by atoms with E-state index in [0.717, 1.165) is 28.0 Å². The van der Waals surface area contributed by atoms with Crippen LogP contribution in [0.15, 0.2) is 54.6 Å². The SMILES string of the molecule is COc1ccc(/C=C/c2cc(OC)cc(OC)c2C(O)c2cc(C)cc(OC)c2)cc1. The maximum absolute atomic E-state index is 11.3. The molecule has 162 valence electrons. The highest BCUT2D eigenvalue weighted by atomic mass is 16.5. The van der Waals surface area contributed by atoms with E-state index in [9.17, 15) is 5.11 Å². The first-order chi connectivity index (χ1) is 15.0. The second kappa shape index (κ2) is 10.0. The van der Waals surface area contributed by atoms with Gasteiger partial charge in [0.05, 0.1) is 28.4 Å². The van der Waals surface area contributed by atoms with Gasteiger partial charge in [-0.3, -0.25) is 0 Å². The fourth-order valence-corrected chi connectivity index (χ4v) is 3.46. The van der Waals surface area contributed by atoms with Crippen molar-refractivity contribution in [1.29, 1.82) is 0 Å². The van der Waals surface area contributed by atoms with Crippen molar-refractivity contribution >= 4 is 12.2 Å². The van der Waals surface area contributed by atoms with Gasteiger partial charge >= 0.3 is 0 Å². The van der Waals surface area contributed by atoms with Crippen LogP contribution in [0.3, 0.4) is 0 Å². The third-order valence-corrected chi connectivity index (χ3v) is 5.07. The van der Waals surface area contributed by atoms with Crippen molar-refractivity contribution in [2.24, 2.45) is 0 Å². The van der Waals surface area contributed by atoms with Crippen LogP contribution in [0.4, 0.5) is 0 Å². The average Bonchev–Trinajstić information content (AvgIpc) is 2.81. The van der Waals surface area contributed by atoms with Gasteiger partial charge in [-0.1, -0.05) is 30.4 Å². The van der Waals surface area contributed by atoms with Crippen LogP contribution in [0.25, 0.3) is 12.2 Å². The number of hydrogen-bond acceptors (Lipinski definition) is 5. The van der Waals surface area contributed by atoms with Crippen molar-refractivity contribution in [3.63, 3.8) is 0 Å². The summed E-state index contributed by atoms with van der Waals surface area (Å²) in [7, 11) is 6.44. The molecule has 0 saturated carbocycles. The molecule has 31 heavy (non-hydrogen) atoms. The van der Waals surface area contributed by atoms with Crippen LogP contribution in [-0.4, -0.2) is 33.5 Å². The van der Waals surface area contributed by atoms with Crippen molar-refractivity contribution in [2.75, 3.05) is 28.4 Å². The van der Waals surface area contributed by atoms with Crippen LogP contribution < -0.4 is 18.9 Å². The molecule has 0 fully saturated rings. The average molecular weight is 421 g/mol. The lowest BCUT2D eigenvalue weighted by molar-refractivity contribution is 0.213. The molecule has 0 spiro atoms. The van der Waals surface area contributed by atoms with E-state index in [2.05, 4.69) is 0 Å². The molecule has 5 heteroatoms. The summed E-state index contributed by atoms with van der Waals surface area (Å²) >= 11 is 0. The van der Waals surface area contributed by atoms with E-state index < -0.39 is 6.10 Å². The molecule has 0 heterocycles. The molecule has 0 aromatic heterocycles. The number of rotatable bonds is 8. The normalized spacial score (nSPS) is 11.9. The molecule has 0 aliphatic heterocycles. The number of aryl methyl sites for hydroxylation is 1. The summed E-state index contributed by atoms with van der Waals surface area (Å²) in [4.78, 5) is 0. The Bertz CT molecular complexity index is 1050. The summed E-state index contributed by atoms with van der Waals surface area (Å²) in [5.74, 6) is 2.67. The molecule has 1 N–H and O–H groups in total. The molecule has 3 rings (SSSR count). The third-order valence-electron chi connectivity index (χ3n) is 5.07. The molecule has 0 saturated heterocycles. The highest BCUT2D eigenvalue weighted by molar-refractivity contribution is 5.74. The number of aliphatic hydroxyl groups is 1. The van der Waals surface area contributed by atoms with E-state index in [1.807, 2.05) is 67.6 Å².